The van der Waals surface area contributed by atoms with Crippen molar-refractivity contribution in [2.75, 3.05) is 0 Å². The molecular formula is C96H81N3O3P4Pd. The minimum atomic E-state index is -0.991. The van der Waals surface area contributed by atoms with E-state index in [4.69, 9.17) is 4.42 Å². The molecule has 107 heavy (non-hydrogen) atoms. The maximum absolute atomic E-state index is 11.3. The molecular weight excluding hydrogens is 1470 g/mol. The van der Waals surface area contributed by atoms with E-state index in [-0.39, 0.29) is 20.4 Å². The van der Waals surface area contributed by atoms with Crippen LogP contribution in [0, 0.1) is 6.92 Å². The van der Waals surface area contributed by atoms with Gasteiger partial charge in [-0.2, -0.15) is 0 Å². The summed E-state index contributed by atoms with van der Waals surface area (Å²) in [5, 5.41) is 28.7. The second-order valence-electron chi connectivity index (χ2n) is 25.1. The van der Waals surface area contributed by atoms with Crippen molar-refractivity contribution in [3.8, 4) is 22.5 Å². The Morgan fingerprint density at radius 2 is 0.570 bits per heavy atom. The third kappa shape index (κ3) is 20.1. The van der Waals surface area contributed by atoms with Gasteiger partial charge in [-0.05, 0) is 133 Å². The van der Waals surface area contributed by atoms with Gasteiger partial charge in [-0.1, -0.05) is 419 Å². The summed E-state index contributed by atoms with van der Waals surface area (Å²) in [5.41, 5.74) is 5.39. The van der Waals surface area contributed by atoms with Crippen molar-refractivity contribution in [2.45, 2.75) is 31.7 Å². The van der Waals surface area contributed by atoms with E-state index in [1.54, 1.807) is 6.20 Å². The molecule has 14 aromatic carbocycles. The monoisotopic (exact) mass is 1550 g/mol. The Balaban J connectivity index is 0.000000127. The molecule has 1 saturated carbocycles. The first-order valence-corrected chi connectivity index (χ1v) is 41.0. The van der Waals surface area contributed by atoms with Gasteiger partial charge < -0.3 is 14.8 Å². The fourth-order valence-electron chi connectivity index (χ4n) is 12.9. The molecule has 1 amide bonds. The average molecular weight is 1560 g/mol. The Labute approximate surface area is 648 Å². The van der Waals surface area contributed by atoms with Crippen LogP contribution in [0.4, 0.5) is 4.79 Å². The second kappa shape index (κ2) is 39.1. The molecule has 17 rings (SSSR count). The molecule has 2 N–H and O–H groups in total. The van der Waals surface area contributed by atoms with Crippen LogP contribution in [-0.4, -0.2) is 21.2 Å². The molecule has 6 nitrogen and oxygen atoms in total. The van der Waals surface area contributed by atoms with E-state index in [9.17, 15) is 9.90 Å². The fraction of sp³-hybridized carbons (Fsp3) is 0.0521. The third-order valence-electron chi connectivity index (χ3n) is 18.0. The molecule has 0 aliphatic heterocycles. The molecule has 528 valence electrons. The first-order chi connectivity index (χ1) is 52.4. The van der Waals surface area contributed by atoms with E-state index >= 15 is 0 Å². The number of benzene rings is 14. The van der Waals surface area contributed by atoms with Crippen molar-refractivity contribution in [2.24, 2.45) is 0 Å². The van der Waals surface area contributed by atoms with Crippen LogP contribution in [0.1, 0.15) is 30.5 Å². The zero-order valence-corrected chi connectivity index (χ0v) is 64.4. The standard InChI is InChI=1S/C24H21N3O3.4C18H15P.Pd/c1-15-14-25-22-20(26-15)19(16-6-3-2-4-7-16)21(30-22)17-8-10-18(11-9-17)24(12-5-13-24)27-23(28)29;4*1-4-10-16(11-5-1)19(17-12-6-2-7-13-17)18-14-8-3-9-15-18;/h2-4,6-11,14,27H,5,12-13H2,1H3,(H,28,29);4*1-15H;. The van der Waals surface area contributed by atoms with Gasteiger partial charge in [0, 0.05) is 26.0 Å². The summed E-state index contributed by atoms with van der Waals surface area (Å²) in [6.07, 6.45) is 3.35. The number of nitrogens with zero attached hydrogens (tertiary/aromatic N) is 2. The number of rotatable bonds is 16. The molecule has 0 saturated heterocycles. The molecule has 1 fully saturated rings. The molecule has 1 aliphatic carbocycles. The van der Waals surface area contributed by atoms with E-state index in [0.717, 1.165) is 52.7 Å². The Bertz CT molecular complexity index is 4400. The topological polar surface area (TPSA) is 88.2 Å². The first kappa shape index (κ1) is 76.0. The Morgan fingerprint density at radius 1 is 0.336 bits per heavy atom. The number of hydrogen-bond donors (Lipinski definition) is 2. The molecule has 11 heteroatoms. The van der Waals surface area contributed by atoms with Gasteiger partial charge in [0.25, 0.3) is 0 Å². The van der Waals surface area contributed by atoms with Gasteiger partial charge in [-0.3, -0.25) is 0 Å². The van der Waals surface area contributed by atoms with Crippen LogP contribution < -0.4 is 69.0 Å². The smallest absolute Gasteiger partial charge is 0.405 e. The number of furan rings is 1. The number of carboxylic acid groups (broad SMARTS) is 1. The number of amides is 1. The summed E-state index contributed by atoms with van der Waals surface area (Å²) >= 11 is 0. The summed E-state index contributed by atoms with van der Waals surface area (Å²) in [4.78, 5) is 20.4. The van der Waals surface area contributed by atoms with Crippen molar-refractivity contribution in [1.82, 2.24) is 15.3 Å². The molecule has 2 heterocycles. The van der Waals surface area contributed by atoms with Crippen LogP contribution >= 0.6 is 31.7 Å². The van der Waals surface area contributed by atoms with Gasteiger partial charge in [0.15, 0.2) is 0 Å². The van der Waals surface area contributed by atoms with Crippen molar-refractivity contribution in [3.63, 3.8) is 0 Å². The quantitative estimate of drug-likeness (QED) is 0.0743. The van der Waals surface area contributed by atoms with E-state index in [0.29, 0.717) is 11.5 Å². The SMILES string of the molecule is Cc1cnc2oc(-c3ccc(C4(NC(=O)O)CCC4)cc3)c(-c3ccccc3)c2n1.[Pd].c1ccc(P(c2ccccc2)c2ccccc2)cc1.c1ccc(P(c2ccccc2)c2ccccc2)cc1.c1ccc(P(c2ccccc2)c2ccccc2)cc1.c1ccc(P(c2ccccc2)c2ccccc2)cc1. The molecule has 16 aromatic rings. The largest absolute Gasteiger partial charge is 0.465 e. The van der Waals surface area contributed by atoms with Crippen LogP contribution in [-0.2, 0) is 26.0 Å². The Kier molecular flexibility index (Phi) is 27.8. The number of nitrogens with one attached hydrogen (secondary N) is 1. The zero-order chi connectivity index (χ0) is 72.4. The first-order valence-electron chi connectivity index (χ1n) is 35.6. The molecule has 1 aliphatic rings. The Hall–Kier alpha value is -10.6. The number of aromatic nitrogens is 2. The van der Waals surface area contributed by atoms with Crippen LogP contribution in [0.25, 0.3) is 33.7 Å². The molecule has 0 spiro atoms. The number of aryl methyl sites for hydroxylation is 1. The van der Waals surface area contributed by atoms with Crippen molar-refractivity contribution < 1.29 is 34.7 Å². The summed E-state index contributed by atoms with van der Waals surface area (Å²) in [6, 6.07) is 147. The zero-order valence-electron chi connectivity index (χ0n) is 59.3. The minimum Gasteiger partial charge on any atom is -0.465 e. The van der Waals surface area contributed by atoms with E-state index in [1.165, 1.54) is 63.7 Å². The van der Waals surface area contributed by atoms with Gasteiger partial charge >= 0.3 is 6.09 Å². The molecule has 0 unspecified atom stereocenters. The van der Waals surface area contributed by atoms with Crippen molar-refractivity contribution in [3.05, 3.63) is 436 Å². The molecule has 0 radical (unpaired) electrons. The van der Waals surface area contributed by atoms with Gasteiger partial charge in [0.1, 0.15) is 11.3 Å². The predicted octanol–water partition coefficient (Wildman–Crippen LogP) is 19.3. The predicted molar refractivity (Wildman–Crippen MR) is 455 cm³/mol. The van der Waals surface area contributed by atoms with E-state index in [1.807, 2.05) is 61.5 Å². The molecule has 0 bridgehead atoms. The third-order valence-corrected chi connectivity index (χ3v) is 27.8. The maximum atomic E-state index is 11.3. The van der Waals surface area contributed by atoms with E-state index in [2.05, 4.69) is 379 Å². The average Bonchev–Trinajstić information content (AvgIpc) is 1.72. The molecule has 0 atom stereocenters. The van der Waals surface area contributed by atoms with Gasteiger partial charge in [0.05, 0.1) is 23.0 Å². The van der Waals surface area contributed by atoms with Crippen LogP contribution in [0.5, 0.6) is 0 Å². The second-order valence-corrected chi connectivity index (χ2v) is 34.0. The summed E-state index contributed by atoms with van der Waals surface area (Å²) in [6.45, 7) is 1.91. The van der Waals surface area contributed by atoms with Crippen molar-refractivity contribution in [1.29, 1.82) is 0 Å². The van der Waals surface area contributed by atoms with Gasteiger partial charge in [0.2, 0.25) is 5.71 Å². The number of fused-ring (bicyclic) bond motifs is 1. The van der Waals surface area contributed by atoms with E-state index < -0.39 is 43.3 Å². The fourth-order valence-corrected chi connectivity index (χ4v) is 22.1. The summed E-state index contributed by atoms with van der Waals surface area (Å²) in [5.74, 6) is 0.710. The molecule has 2 aromatic heterocycles. The van der Waals surface area contributed by atoms with Crippen LogP contribution in [0.15, 0.2) is 429 Å². The van der Waals surface area contributed by atoms with Crippen LogP contribution in [0.2, 0.25) is 0 Å². The van der Waals surface area contributed by atoms with Crippen molar-refractivity contribution >= 4 is 113 Å². The minimum absolute atomic E-state index is 0. The Morgan fingerprint density at radius 3 is 0.785 bits per heavy atom. The van der Waals surface area contributed by atoms with Gasteiger partial charge in [-0.25, -0.2) is 14.8 Å². The van der Waals surface area contributed by atoms with Crippen LogP contribution in [0.3, 0.4) is 0 Å². The van der Waals surface area contributed by atoms with Gasteiger partial charge in [-0.15, -0.1) is 0 Å². The summed E-state index contributed by atoms with van der Waals surface area (Å²) < 4.78 is 6.14. The summed E-state index contributed by atoms with van der Waals surface area (Å²) in [7, 11) is -1.78. The number of carbonyl (C=O) groups is 1. The maximum Gasteiger partial charge on any atom is 0.405 e. The number of hydrogen-bond acceptors (Lipinski definition) is 4. The normalized spacial score (nSPS) is 11.7.